The molecular weight excluding hydrogens is 408 g/mol. The molecular formula is C19H18F4N4O3. The van der Waals surface area contributed by atoms with E-state index in [-0.39, 0.29) is 11.5 Å². The molecule has 0 saturated heterocycles. The van der Waals surface area contributed by atoms with Crippen LogP contribution in [0.1, 0.15) is 46.1 Å². The Hall–Kier alpha value is -3.11. The Morgan fingerprint density at radius 1 is 1.13 bits per heavy atom. The van der Waals surface area contributed by atoms with E-state index in [9.17, 15) is 22.4 Å². The number of nitrogens with zero attached hydrogens (tertiary/aromatic N) is 4. The molecule has 0 radical (unpaired) electrons. The van der Waals surface area contributed by atoms with Crippen molar-refractivity contribution in [3.63, 3.8) is 0 Å². The summed E-state index contributed by atoms with van der Waals surface area (Å²) in [7, 11) is 0. The Balaban J connectivity index is 0.000000318. The van der Waals surface area contributed by atoms with Crippen molar-refractivity contribution in [2.24, 2.45) is 0 Å². The Morgan fingerprint density at radius 3 is 2.40 bits per heavy atom. The Morgan fingerprint density at radius 2 is 1.80 bits per heavy atom. The number of hydrogen-bond acceptors (Lipinski definition) is 5. The molecule has 3 heterocycles. The van der Waals surface area contributed by atoms with Gasteiger partial charge in [0.25, 0.3) is 5.91 Å². The first-order chi connectivity index (χ1) is 14.2. The van der Waals surface area contributed by atoms with Crippen molar-refractivity contribution in [3.8, 4) is 0 Å². The van der Waals surface area contributed by atoms with Gasteiger partial charge in [-0.3, -0.25) is 9.78 Å². The number of rotatable bonds is 2. The molecule has 4 rings (SSSR count). The second-order valence-corrected chi connectivity index (χ2v) is 6.91. The fraction of sp³-hybridized carbons (Fsp3) is 0.421. The van der Waals surface area contributed by atoms with Crippen LogP contribution >= 0.6 is 0 Å². The van der Waals surface area contributed by atoms with Gasteiger partial charge in [-0.15, -0.1) is 0 Å². The molecule has 0 bridgehead atoms. The second-order valence-electron chi connectivity index (χ2n) is 6.91. The third kappa shape index (κ3) is 5.08. The molecule has 1 fully saturated rings. The van der Waals surface area contributed by atoms with E-state index in [0.29, 0.717) is 25.4 Å². The van der Waals surface area contributed by atoms with Gasteiger partial charge in [0.05, 0.1) is 17.5 Å². The minimum absolute atomic E-state index is 0.0828. The van der Waals surface area contributed by atoms with E-state index in [0.717, 1.165) is 24.0 Å². The van der Waals surface area contributed by atoms with Crippen molar-refractivity contribution < 1.29 is 32.3 Å². The van der Waals surface area contributed by atoms with E-state index in [1.54, 1.807) is 11.2 Å². The van der Waals surface area contributed by atoms with Gasteiger partial charge in [0.1, 0.15) is 6.33 Å². The highest BCUT2D eigenvalue weighted by atomic mass is 19.4. The first kappa shape index (κ1) is 21.6. The Kier molecular flexibility index (Phi) is 6.28. The van der Waals surface area contributed by atoms with Gasteiger partial charge in [-0.25, -0.2) is 19.2 Å². The van der Waals surface area contributed by atoms with Gasteiger partial charge in [0.15, 0.2) is 5.82 Å². The third-order valence-electron chi connectivity index (χ3n) is 4.81. The number of fused-ring (bicyclic) bond motifs is 1. The first-order valence-corrected chi connectivity index (χ1v) is 9.20. The van der Waals surface area contributed by atoms with E-state index >= 15 is 0 Å². The smallest absolute Gasteiger partial charge is 0.475 e. The maximum Gasteiger partial charge on any atom is 0.490 e. The van der Waals surface area contributed by atoms with Gasteiger partial charge in [-0.1, -0.05) is 0 Å². The Labute approximate surface area is 168 Å². The summed E-state index contributed by atoms with van der Waals surface area (Å²) in [6.45, 7) is 1.12. The van der Waals surface area contributed by atoms with E-state index < -0.39 is 18.0 Å². The topological polar surface area (TPSA) is 96.3 Å². The third-order valence-corrected chi connectivity index (χ3v) is 4.81. The molecule has 0 spiro atoms. The normalized spacial score (nSPS) is 16.1. The van der Waals surface area contributed by atoms with Crippen LogP contribution in [-0.4, -0.2) is 56.1 Å². The molecule has 0 unspecified atom stereocenters. The molecule has 30 heavy (non-hydrogen) atoms. The number of carbonyl (C=O) groups is 2. The zero-order valence-electron chi connectivity index (χ0n) is 15.7. The number of carboxylic acids is 1. The highest BCUT2D eigenvalue weighted by molar-refractivity contribution is 5.94. The number of hydrogen-bond donors (Lipinski definition) is 1. The second kappa shape index (κ2) is 8.72. The molecule has 7 nitrogen and oxygen atoms in total. The van der Waals surface area contributed by atoms with Crippen molar-refractivity contribution in [1.29, 1.82) is 0 Å². The molecule has 160 valence electrons. The lowest BCUT2D eigenvalue weighted by Crippen LogP contribution is -2.33. The molecule has 1 saturated carbocycles. The summed E-state index contributed by atoms with van der Waals surface area (Å²) in [6.07, 6.45) is 2.88. The van der Waals surface area contributed by atoms with Gasteiger partial charge < -0.3 is 10.0 Å². The predicted molar refractivity (Wildman–Crippen MR) is 95.2 cm³/mol. The molecule has 2 aliphatic rings. The van der Waals surface area contributed by atoms with Crippen molar-refractivity contribution >= 4 is 11.9 Å². The molecule has 11 heteroatoms. The van der Waals surface area contributed by atoms with Gasteiger partial charge in [0.2, 0.25) is 0 Å². The number of amides is 1. The van der Waals surface area contributed by atoms with Crippen LogP contribution in [0.15, 0.2) is 24.8 Å². The van der Waals surface area contributed by atoms with Crippen LogP contribution < -0.4 is 0 Å². The SMILES string of the molecule is O=C(O)C(F)(F)F.O=C(c1ccncc1F)N1CCc2ncnc(C3CC3)c2CC1. The van der Waals surface area contributed by atoms with Crippen LogP contribution in [0.25, 0.3) is 0 Å². The van der Waals surface area contributed by atoms with E-state index in [2.05, 4.69) is 15.0 Å². The summed E-state index contributed by atoms with van der Waals surface area (Å²) in [4.78, 5) is 35.7. The molecule has 1 N–H and O–H groups in total. The first-order valence-electron chi connectivity index (χ1n) is 9.20. The van der Waals surface area contributed by atoms with Crippen LogP contribution in [-0.2, 0) is 17.6 Å². The number of aromatic nitrogens is 3. The maximum absolute atomic E-state index is 13.8. The standard InChI is InChI=1S/C17H17FN4O.C2HF3O2/c18-14-9-19-6-3-12(14)17(23)22-7-4-13-15(5-8-22)20-10-21-16(13)11-1-2-11;3-2(4,5)1(6)7/h3,6,9-11H,1-2,4-5,7-8H2;(H,6,7). The van der Waals surface area contributed by atoms with Gasteiger partial charge in [-0.05, 0) is 30.9 Å². The molecule has 1 aliphatic carbocycles. The van der Waals surface area contributed by atoms with Crippen molar-refractivity contribution in [2.45, 2.75) is 37.8 Å². The lowest BCUT2D eigenvalue weighted by molar-refractivity contribution is -0.192. The molecule has 1 amide bonds. The molecule has 0 aromatic carbocycles. The Bertz CT molecular complexity index is 948. The van der Waals surface area contributed by atoms with Crippen LogP contribution in [0.5, 0.6) is 0 Å². The quantitative estimate of drug-likeness (QED) is 0.742. The largest absolute Gasteiger partial charge is 0.490 e. The monoisotopic (exact) mass is 426 g/mol. The fourth-order valence-electron chi connectivity index (χ4n) is 3.18. The predicted octanol–water partition coefficient (Wildman–Crippen LogP) is 2.76. The lowest BCUT2D eigenvalue weighted by Gasteiger charge is -2.20. The van der Waals surface area contributed by atoms with Gasteiger partial charge in [0, 0.05) is 37.3 Å². The zero-order valence-corrected chi connectivity index (χ0v) is 15.7. The number of aliphatic carboxylic acids is 1. The summed E-state index contributed by atoms with van der Waals surface area (Å²) in [6, 6.07) is 1.44. The van der Waals surface area contributed by atoms with E-state index in [4.69, 9.17) is 9.90 Å². The highest BCUT2D eigenvalue weighted by Gasteiger charge is 2.38. The van der Waals surface area contributed by atoms with Crippen LogP contribution in [0.3, 0.4) is 0 Å². The summed E-state index contributed by atoms with van der Waals surface area (Å²) in [5.74, 6) is -3.05. The summed E-state index contributed by atoms with van der Waals surface area (Å²) >= 11 is 0. The average Bonchev–Trinajstić information content (AvgIpc) is 3.54. The number of carbonyl (C=O) groups excluding carboxylic acids is 1. The molecule has 2 aromatic rings. The fourth-order valence-corrected chi connectivity index (χ4v) is 3.18. The van der Waals surface area contributed by atoms with Crippen molar-refractivity contribution in [3.05, 3.63) is 53.1 Å². The lowest BCUT2D eigenvalue weighted by atomic mass is 10.0. The molecule has 2 aromatic heterocycles. The minimum Gasteiger partial charge on any atom is -0.475 e. The number of alkyl halides is 3. The van der Waals surface area contributed by atoms with Crippen LogP contribution in [0.4, 0.5) is 17.6 Å². The van der Waals surface area contributed by atoms with E-state index in [1.807, 2.05) is 0 Å². The number of pyridine rings is 1. The summed E-state index contributed by atoms with van der Waals surface area (Å²) in [5.41, 5.74) is 3.46. The average molecular weight is 426 g/mol. The zero-order chi connectivity index (χ0) is 21.9. The van der Waals surface area contributed by atoms with Crippen molar-refractivity contribution in [2.75, 3.05) is 13.1 Å². The van der Waals surface area contributed by atoms with Crippen LogP contribution in [0, 0.1) is 5.82 Å². The van der Waals surface area contributed by atoms with Gasteiger partial charge in [-0.2, -0.15) is 13.2 Å². The van der Waals surface area contributed by atoms with Gasteiger partial charge >= 0.3 is 12.1 Å². The number of carboxylic acid groups (broad SMARTS) is 1. The summed E-state index contributed by atoms with van der Waals surface area (Å²) < 4.78 is 45.5. The maximum atomic E-state index is 13.8. The highest BCUT2D eigenvalue weighted by Crippen LogP contribution is 2.41. The van der Waals surface area contributed by atoms with Crippen LogP contribution in [0.2, 0.25) is 0 Å². The summed E-state index contributed by atoms with van der Waals surface area (Å²) in [5, 5.41) is 7.12. The number of halogens is 4. The van der Waals surface area contributed by atoms with Crippen molar-refractivity contribution in [1.82, 2.24) is 19.9 Å². The molecule has 1 aliphatic heterocycles. The minimum atomic E-state index is -5.08. The molecule has 0 atom stereocenters. The van der Waals surface area contributed by atoms with E-state index in [1.165, 1.54) is 30.7 Å².